The zero-order valence-corrected chi connectivity index (χ0v) is 10.5. The highest BCUT2D eigenvalue weighted by Gasteiger charge is 2.31. The smallest absolute Gasteiger partial charge is 0.0995 e. The molecule has 0 aromatic heterocycles. The summed E-state index contributed by atoms with van der Waals surface area (Å²) in [5, 5.41) is 18.5. The van der Waals surface area contributed by atoms with Gasteiger partial charge in [0.25, 0.3) is 0 Å². The van der Waals surface area contributed by atoms with Crippen LogP contribution in [0, 0.1) is 11.3 Å². The Morgan fingerprint density at radius 3 is 2.94 bits per heavy atom. The number of aliphatic hydroxyl groups is 1. The van der Waals surface area contributed by atoms with Crippen LogP contribution in [0.3, 0.4) is 0 Å². The van der Waals surface area contributed by atoms with E-state index in [4.69, 9.17) is 10.00 Å². The van der Waals surface area contributed by atoms with E-state index in [1.54, 1.807) is 7.11 Å². The molecule has 0 spiro atoms. The molecule has 1 saturated heterocycles. The Morgan fingerprint density at radius 2 is 2.28 bits per heavy atom. The first-order valence-electron chi connectivity index (χ1n) is 6.14. The van der Waals surface area contributed by atoms with Crippen molar-refractivity contribution in [3.8, 4) is 6.07 Å². The molecule has 0 saturated carbocycles. The maximum Gasteiger partial charge on any atom is 0.0995 e. The number of ether oxygens (including phenoxy) is 1. The fourth-order valence-corrected chi connectivity index (χ4v) is 2.48. The average Bonchev–Trinajstić information content (AvgIpc) is 2.81. The van der Waals surface area contributed by atoms with Crippen molar-refractivity contribution in [1.82, 2.24) is 4.90 Å². The van der Waals surface area contributed by atoms with E-state index in [0.717, 1.165) is 18.5 Å². The third-order valence-electron chi connectivity index (χ3n) is 3.54. The lowest BCUT2D eigenvalue weighted by Crippen LogP contribution is -2.32. The van der Waals surface area contributed by atoms with E-state index in [9.17, 15) is 5.11 Å². The van der Waals surface area contributed by atoms with Crippen molar-refractivity contribution in [2.45, 2.75) is 25.1 Å². The highest BCUT2D eigenvalue weighted by atomic mass is 16.5. The first-order chi connectivity index (χ1) is 8.78. The molecule has 0 unspecified atom stereocenters. The molecule has 1 heterocycles. The van der Waals surface area contributed by atoms with Gasteiger partial charge in [-0.15, -0.1) is 0 Å². The Balaban J connectivity index is 2.11. The van der Waals surface area contributed by atoms with Gasteiger partial charge < -0.3 is 9.84 Å². The largest absolute Gasteiger partial charge is 0.395 e. The molecular weight excluding hydrogens is 228 g/mol. The van der Waals surface area contributed by atoms with Gasteiger partial charge in [0.05, 0.1) is 24.3 Å². The third-order valence-corrected chi connectivity index (χ3v) is 3.54. The van der Waals surface area contributed by atoms with Crippen LogP contribution in [-0.2, 0) is 11.3 Å². The zero-order valence-electron chi connectivity index (χ0n) is 10.5. The van der Waals surface area contributed by atoms with Crippen molar-refractivity contribution in [3.05, 3.63) is 35.4 Å². The molecule has 1 N–H and O–H groups in total. The number of nitriles is 1. The van der Waals surface area contributed by atoms with Gasteiger partial charge in [-0.1, -0.05) is 18.2 Å². The van der Waals surface area contributed by atoms with Crippen LogP contribution >= 0.6 is 0 Å². The van der Waals surface area contributed by atoms with Gasteiger partial charge in [0.2, 0.25) is 0 Å². The monoisotopic (exact) mass is 246 g/mol. The topological polar surface area (TPSA) is 56.5 Å². The second-order valence-corrected chi connectivity index (χ2v) is 4.63. The summed E-state index contributed by atoms with van der Waals surface area (Å²) in [4.78, 5) is 2.18. The summed E-state index contributed by atoms with van der Waals surface area (Å²) < 4.78 is 5.35. The minimum Gasteiger partial charge on any atom is -0.395 e. The van der Waals surface area contributed by atoms with Crippen molar-refractivity contribution in [1.29, 1.82) is 5.26 Å². The van der Waals surface area contributed by atoms with E-state index in [1.807, 2.05) is 24.3 Å². The number of rotatable bonds is 4. The van der Waals surface area contributed by atoms with E-state index in [-0.39, 0.29) is 18.8 Å². The van der Waals surface area contributed by atoms with E-state index in [2.05, 4.69) is 11.0 Å². The van der Waals surface area contributed by atoms with Crippen LogP contribution in [0.5, 0.6) is 0 Å². The molecule has 1 aliphatic heterocycles. The fourth-order valence-electron chi connectivity index (χ4n) is 2.48. The molecule has 1 aromatic carbocycles. The summed E-state index contributed by atoms with van der Waals surface area (Å²) in [6.45, 7) is 1.63. The number of aliphatic hydroxyl groups excluding tert-OH is 1. The quantitative estimate of drug-likeness (QED) is 0.865. The van der Waals surface area contributed by atoms with Crippen LogP contribution in [0.25, 0.3) is 0 Å². The molecule has 4 heteroatoms. The Morgan fingerprint density at radius 1 is 1.50 bits per heavy atom. The first-order valence-corrected chi connectivity index (χ1v) is 6.14. The molecule has 4 nitrogen and oxygen atoms in total. The lowest BCUT2D eigenvalue weighted by molar-refractivity contribution is 0.107. The van der Waals surface area contributed by atoms with E-state index >= 15 is 0 Å². The normalized spacial score (nSPS) is 24.1. The zero-order chi connectivity index (χ0) is 13.0. The van der Waals surface area contributed by atoms with Gasteiger partial charge in [0, 0.05) is 26.2 Å². The second-order valence-electron chi connectivity index (χ2n) is 4.63. The molecule has 1 fully saturated rings. The summed E-state index contributed by atoms with van der Waals surface area (Å²) in [5.74, 6) is 0. The number of hydrogen-bond donors (Lipinski definition) is 1. The average molecular weight is 246 g/mol. The predicted molar refractivity (Wildman–Crippen MR) is 67.9 cm³/mol. The summed E-state index contributed by atoms with van der Waals surface area (Å²) in [5.41, 5.74) is 1.71. The van der Waals surface area contributed by atoms with Crippen molar-refractivity contribution in [3.63, 3.8) is 0 Å². The highest BCUT2D eigenvalue weighted by Crippen LogP contribution is 2.23. The van der Waals surface area contributed by atoms with Gasteiger partial charge in [0.15, 0.2) is 0 Å². The Labute approximate surface area is 107 Å². The molecule has 0 radical (unpaired) electrons. The summed E-state index contributed by atoms with van der Waals surface area (Å²) >= 11 is 0. The van der Waals surface area contributed by atoms with Crippen LogP contribution in [0.2, 0.25) is 0 Å². The Kier molecular flexibility index (Phi) is 4.32. The van der Waals surface area contributed by atoms with Crippen LogP contribution in [0.4, 0.5) is 0 Å². The number of methoxy groups -OCH3 is 1. The van der Waals surface area contributed by atoms with Gasteiger partial charge in [-0.25, -0.2) is 0 Å². The highest BCUT2D eigenvalue weighted by molar-refractivity contribution is 5.37. The molecular formula is C14H18N2O2. The number of hydrogen-bond acceptors (Lipinski definition) is 4. The van der Waals surface area contributed by atoms with Crippen molar-refractivity contribution in [2.24, 2.45) is 0 Å². The number of nitrogens with zero attached hydrogens (tertiary/aromatic N) is 2. The minimum atomic E-state index is 0.127. The summed E-state index contributed by atoms with van der Waals surface area (Å²) in [7, 11) is 1.70. The van der Waals surface area contributed by atoms with Gasteiger partial charge in [-0.05, 0) is 18.1 Å². The molecule has 2 rings (SSSR count). The third kappa shape index (κ3) is 2.70. The molecule has 1 aromatic rings. The maximum absolute atomic E-state index is 9.39. The first kappa shape index (κ1) is 13.0. The molecule has 96 valence electrons. The molecule has 0 amide bonds. The van der Waals surface area contributed by atoms with Gasteiger partial charge in [0.1, 0.15) is 0 Å². The SMILES string of the molecule is CO[C@H]1C[C@@H](CO)N(Cc2ccccc2C#N)C1. The Hall–Kier alpha value is -1.41. The fraction of sp³-hybridized carbons (Fsp3) is 0.500. The van der Waals surface area contributed by atoms with E-state index in [1.165, 1.54) is 0 Å². The summed E-state index contributed by atoms with van der Waals surface area (Å²) in [6.07, 6.45) is 1.03. The standard InChI is InChI=1S/C14H18N2O2/c1-18-14-6-13(10-17)16(9-14)8-12-5-3-2-4-11(12)7-15/h2-5,13-14,17H,6,8-10H2,1H3/t13-,14-/m0/s1. The Bertz CT molecular complexity index is 442. The number of benzene rings is 1. The lowest BCUT2D eigenvalue weighted by Gasteiger charge is -2.22. The van der Waals surface area contributed by atoms with Crippen molar-refractivity contribution >= 4 is 0 Å². The van der Waals surface area contributed by atoms with Gasteiger partial charge >= 0.3 is 0 Å². The van der Waals surface area contributed by atoms with Crippen molar-refractivity contribution in [2.75, 3.05) is 20.3 Å². The molecule has 2 atom stereocenters. The predicted octanol–water partition coefficient (Wildman–Crippen LogP) is 1.14. The van der Waals surface area contributed by atoms with Crippen LogP contribution in [-0.4, -0.2) is 42.4 Å². The van der Waals surface area contributed by atoms with E-state index in [0.29, 0.717) is 12.1 Å². The molecule has 18 heavy (non-hydrogen) atoms. The molecule has 1 aliphatic rings. The van der Waals surface area contributed by atoms with Gasteiger partial charge in [-0.2, -0.15) is 5.26 Å². The van der Waals surface area contributed by atoms with Gasteiger partial charge in [-0.3, -0.25) is 4.90 Å². The van der Waals surface area contributed by atoms with Crippen LogP contribution in [0.1, 0.15) is 17.5 Å². The molecule has 0 bridgehead atoms. The number of likely N-dealkylation sites (tertiary alicyclic amines) is 1. The summed E-state index contributed by atoms with van der Waals surface area (Å²) in [6, 6.07) is 9.93. The van der Waals surface area contributed by atoms with E-state index < -0.39 is 0 Å². The molecule has 0 aliphatic carbocycles. The van der Waals surface area contributed by atoms with Crippen LogP contribution < -0.4 is 0 Å². The lowest BCUT2D eigenvalue weighted by atomic mass is 10.1. The van der Waals surface area contributed by atoms with Crippen LogP contribution in [0.15, 0.2) is 24.3 Å². The maximum atomic E-state index is 9.39. The minimum absolute atomic E-state index is 0.127. The van der Waals surface area contributed by atoms with Crippen molar-refractivity contribution < 1.29 is 9.84 Å². The second kappa shape index (κ2) is 5.96.